The Hall–Kier alpha value is -2.29. The van der Waals surface area contributed by atoms with Crippen LogP contribution in [0.15, 0.2) is 48.5 Å². The van der Waals surface area contributed by atoms with Gasteiger partial charge in [-0.25, -0.2) is 0 Å². The van der Waals surface area contributed by atoms with Crippen LogP contribution in [0.3, 0.4) is 0 Å². The van der Waals surface area contributed by atoms with Gasteiger partial charge in [-0.05, 0) is 17.5 Å². The van der Waals surface area contributed by atoms with E-state index in [2.05, 4.69) is 19.9 Å². The van der Waals surface area contributed by atoms with Crippen LogP contribution in [0.5, 0.6) is 5.75 Å². The Balaban J connectivity index is 2.20. The molecule has 0 radical (unpaired) electrons. The molecule has 2 rings (SSSR count). The predicted octanol–water partition coefficient (Wildman–Crippen LogP) is 3.67. The molecule has 3 heteroatoms. The highest BCUT2D eigenvalue weighted by Crippen LogP contribution is 2.26. The van der Waals surface area contributed by atoms with Crippen LogP contribution in [0, 0.1) is 5.41 Å². The maximum Gasteiger partial charge on any atom is 0.123 e. The molecule has 0 aliphatic rings. The number of ether oxygens (including phenoxy) is 1. The number of nitrogen functional groups attached to an aromatic ring is 1. The van der Waals surface area contributed by atoms with Gasteiger partial charge in [0.2, 0.25) is 0 Å². The zero-order chi connectivity index (χ0) is 14.5. The van der Waals surface area contributed by atoms with E-state index in [-0.39, 0.29) is 5.84 Å². The quantitative estimate of drug-likeness (QED) is 0.642. The highest BCUT2D eigenvalue weighted by molar-refractivity contribution is 5.96. The molecule has 2 aromatic rings. The molecule has 0 unspecified atom stereocenters. The number of nitrogens with two attached hydrogens (primary N) is 1. The van der Waals surface area contributed by atoms with Crippen molar-refractivity contribution in [1.29, 1.82) is 5.41 Å². The average Bonchev–Trinajstić information content (AvgIpc) is 2.45. The van der Waals surface area contributed by atoms with Crippen molar-refractivity contribution in [3.8, 4) is 5.75 Å². The number of hydrogen-bond donors (Lipinski definition) is 2. The number of rotatable bonds is 5. The van der Waals surface area contributed by atoms with Crippen molar-refractivity contribution in [3.63, 3.8) is 0 Å². The zero-order valence-corrected chi connectivity index (χ0v) is 11.9. The van der Waals surface area contributed by atoms with Crippen molar-refractivity contribution in [1.82, 2.24) is 0 Å². The monoisotopic (exact) mass is 268 g/mol. The minimum Gasteiger partial charge on any atom is -0.489 e. The van der Waals surface area contributed by atoms with Gasteiger partial charge in [0, 0.05) is 11.1 Å². The summed E-state index contributed by atoms with van der Waals surface area (Å²) in [5, 5.41) is 7.59. The van der Waals surface area contributed by atoms with E-state index in [9.17, 15) is 0 Å². The predicted molar refractivity (Wildman–Crippen MR) is 82.3 cm³/mol. The van der Waals surface area contributed by atoms with E-state index in [0.29, 0.717) is 12.5 Å². The first kappa shape index (κ1) is 14.1. The molecule has 104 valence electrons. The Bertz CT molecular complexity index is 605. The number of hydrogen-bond acceptors (Lipinski definition) is 2. The van der Waals surface area contributed by atoms with Gasteiger partial charge in [-0.2, -0.15) is 0 Å². The zero-order valence-electron chi connectivity index (χ0n) is 11.9. The number of amidine groups is 1. The van der Waals surface area contributed by atoms with Gasteiger partial charge in [-0.15, -0.1) is 0 Å². The Morgan fingerprint density at radius 2 is 1.75 bits per heavy atom. The molecule has 2 aromatic carbocycles. The maximum atomic E-state index is 7.59. The fourth-order valence-corrected chi connectivity index (χ4v) is 2.15. The lowest BCUT2D eigenvalue weighted by Gasteiger charge is -2.15. The molecule has 3 N–H and O–H groups in total. The van der Waals surface area contributed by atoms with E-state index in [1.807, 2.05) is 42.5 Å². The summed E-state index contributed by atoms with van der Waals surface area (Å²) in [4.78, 5) is 0. The van der Waals surface area contributed by atoms with Gasteiger partial charge in [0.1, 0.15) is 18.2 Å². The summed E-state index contributed by atoms with van der Waals surface area (Å²) in [6.45, 7) is 4.71. The molecule has 0 saturated carbocycles. The summed E-state index contributed by atoms with van der Waals surface area (Å²) in [5.74, 6) is 1.37. The van der Waals surface area contributed by atoms with Crippen molar-refractivity contribution < 1.29 is 4.74 Å². The summed E-state index contributed by atoms with van der Waals surface area (Å²) in [6.07, 6.45) is 0. The van der Waals surface area contributed by atoms with Gasteiger partial charge in [-0.3, -0.25) is 5.41 Å². The van der Waals surface area contributed by atoms with E-state index >= 15 is 0 Å². The second kappa shape index (κ2) is 6.24. The summed E-state index contributed by atoms with van der Waals surface area (Å²) < 4.78 is 5.92. The molecule has 20 heavy (non-hydrogen) atoms. The third kappa shape index (κ3) is 3.18. The van der Waals surface area contributed by atoms with Crippen molar-refractivity contribution in [2.75, 3.05) is 0 Å². The standard InChI is InChI=1S/C17H20N2O/c1-12(2)14-8-5-6-10-16(14)20-11-13-7-3-4-9-15(13)17(18)19/h3-10,12H,11H2,1-2H3,(H3,18,19). The van der Waals surface area contributed by atoms with E-state index in [1.165, 1.54) is 5.56 Å². The first-order valence-corrected chi connectivity index (χ1v) is 6.73. The molecule has 0 aliphatic heterocycles. The molecule has 0 atom stereocenters. The highest BCUT2D eigenvalue weighted by Gasteiger charge is 2.09. The second-order valence-electron chi connectivity index (χ2n) is 5.05. The van der Waals surface area contributed by atoms with Crippen molar-refractivity contribution in [3.05, 3.63) is 65.2 Å². The van der Waals surface area contributed by atoms with Crippen LogP contribution in [0.2, 0.25) is 0 Å². The fraction of sp³-hybridized carbons (Fsp3) is 0.235. The fourth-order valence-electron chi connectivity index (χ4n) is 2.15. The van der Waals surface area contributed by atoms with Gasteiger partial charge in [-0.1, -0.05) is 56.3 Å². The molecular weight excluding hydrogens is 248 g/mol. The van der Waals surface area contributed by atoms with Gasteiger partial charge in [0.15, 0.2) is 0 Å². The highest BCUT2D eigenvalue weighted by atomic mass is 16.5. The Kier molecular flexibility index (Phi) is 4.41. The van der Waals surface area contributed by atoms with Gasteiger partial charge < -0.3 is 10.5 Å². The molecule has 0 aromatic heterocycles. The van der Waals surface area contributed by atoms with Crippen LogP contribution in [-0.2, 0) is 6.61 Å². The number of para-hydroxylation sites is 1. The average molecular weight is 268 g/mol. The van der Waals surface area contributed by atoms with Crippen molar-refractivity contribution >= 4 is 5.84 Å². The molecule has 0 fully saturated rings. The lowest BCUT2D eigenvalue weighted by atomic mass is 10.0. The topological polar surface area (TPSA) is 59.1 Å². The molecular formula is C17H20N2O. The van der Waals surface area contributed by atoms with Crippen LogP contribution < -0.4 is 10.5 Å². The van der Waals surface area contributed by atoms with Gasteiger partial charge >= 0.3 is 0 Å². The smallest absolute Gasteiger partial charge is 0.123 e. The minimum absolute atomic E-state index is 0.0707. The van der Waals surface area contributed by atoms with Crippen LogP contribution in [-0.4, -0.2) is 5.84 Å². The van der Waals surface area contributed by atoms with E-state index in [1.54, 1.807) is 0 Å². The molecule has 0 heterocycles. The summed E-state index contributed by atoms with van der Waals surface area (Å²) in [7, 11) is 0. The van der Waals surface area contributed by atoms with Crippen molar-refractivity contribution in [2.45, 2.75) is 26.4 Å². The largest absolute Gasteiger partial charge is 0.489 e. The lowest BCUT2D eigenvalue weighted by molar-refractivity contribution is 0.301. The van der Waals surface area contributed by atoms with E-state index in [0.717, 1.165) is 16.9 Å². The van der Waals surface area contributed by atoms with E-state index < -0.39 is 0 Å². The second-order valence-corrected chi connectivity index (χ2v) is 5.05. The van der Waals surface area contributed by atoms with Crippen LogP contribution >= 0.6 is 0 Å². The van der Waals surface area contributed by atoms with E-state index in [4.69, 9.17) is 15.9 Å². The minimum atomic E-state index is 0.0707. The lowest BCUT2D eigenvalue weighted by Crippen LogP contribution is -2.14. The van der Waals surface area contributed by atoms with Crippen LogP contribution in [0.1, 0.15) is 36.5 Å². The normalized spacial score (nSPS) is 10.6. The molecule has 0 amide bonds. The number of benzene rings is 2. The summed E-state index contributed by atoms with van der Waals surface area (Å²) >= 11 is 0. The van der Waals surface area contributed by atoms with Crippen LogP contribution in [0.4, 0.5) is 0 Å². The Labute approximate surface area is 119 Å². The maximum absolute atomic E-state index is 7.59. The molecule has 0 saturated heterocycles. The Morgan fingerprint density at radius 1 is 1.10 bits per heavy atom. The van der Waals surface area contributed by atoms with Gasteiger partial charge in [0.25, 0.3) is 0 Å². The Morgan fingerprint density at radius 3 is 2.45 bits per heavy atom. The van der Waals surface area contributed by atoms with Crippen LogP contribution in [0.25, 0.3) is 0 Å². The van der Waals surface area contributed by atoms with Crippen molar-refractivity contribution in [2.24, 2.45) is 5.73 Å². The summed E-state index contributed by atoms with van der Waals surface area (Å²) in [5.41, 5.74) is 8.44. The molecule has 0 aliphatic carbocycles. The SMILES string of the molecule is CC(C)c1ccccc1OCc1ccccc1C(=N)N. The third-order valence-electron chi connectivity index (χ3n) is 3.23. The van der Waals surface area contributed by atoms with Gasteiger partial charge in [0.05, 0.1) is 0 Å². The first-order valence-electron chi connectivity index (χ1n) is 6.73. The molecule has 0 bridgehead atoms. The molecule has 0 spiro atoms. The third-order valence-corrected chi connectivity index (χ3v) is 3.23. The molecule has 3 nitrogen and oxygen atoms in total. The first-order chi connectivity index (χ1) is 9.59. The summed E-state index contributed by atoms with van der Waals surface area (Å²) in [6, 6.07) is 15.6. The number of nitrogens with one attached hydrogen (secondary N) is 1.